The standard InChI is InChI=1S/C31H26N4O4/c1-30-14-15-31(39-30,16-18-38-25-13-17-34(33-25)21-8-3-2-4-9-21)27-26(30)28(36)35(29(27)37)24-12-11-20-7-5-6-10-22(20)23(24)19-32/h2-13,17,26-27H,14-16,18H2,1H3. The molecule has 0 spiro atoms. The van der Waals surface area contributed by atoms with Gasteiger partial charge in [-0.3, -0.25) is 9.59 Å². The fourth-order valence-corrected chi connectivity index (χ4v) is 6.85. The first kappa shape index (κ1) is 23.6. The van der Waals surface area contributed by atoms with E-state index in [0.717, 1.165) is 16.5 Å². The van der Waals surface area contributed by atoms with Gasteiger partial charge in [-0.25, -0.2) is 9.58 Å². The molecule has 8 nitrogen and oxygen atoms in total. The van der Waals surface area contributed by atoms with E-state index in [2.05, 4.69) is 11.2 Å². The third-order valence-corrected chi connectivity index (χ3v) is 8.63. The predicted octanol–water partition coefficient (Wildman–Crippen LogP) is 4.79. The number of carbonyl (C=O) groups is 2. The second-order valence-electron chi connectivity index (χ2n) is 10.8. The van der Waals surface area contributed by atoms with Crippen LogP contribution in [0.25, 0.3) is 16.5 Å². The Kier molecular flexibility index (Phi) is 5.16. The van der Waals surface area contributed by atoms with Crippen molar-refractivity contribution in [2.24, 2.45) is 11.8 Å². The molecule has 4 atom stereocenters. The molecule has 3 aliphatic heterocycles. The first-order valence-electron chi connectivity index (χ1n) is 13.2. The Morgan fingerprint density at radius 3 is 2.59 bits per heavy atom. The number of hydrogen-bond acceptors (Lipinski definition) is 6. The quantitative estimate of drug-likeness (QED) is 0.341. The average molecular weight is 519 g/mol. The van der Waals surface area contributed by atoms with Crippen molar-refractivity contribution in [1.82, 2.24) is 9.78 Å². The van der Waals surface area contributed by atoms with Crippen LogP contribution in [0, 0.1) is 23.2 Å². The third kappa shape index (κ3) is 3.43. The van der Waals surface area contributed by atoms with E-state index in [1.165, 1.54) is 4.90 Å². The predicted molar refractivity (Wildman–Crippen MR) is 143 cm³/mol. The molecule has 0 N–H and O–H groups in total. The molecule has 39 heavy (non-hydrogen) atoms. The normalized spacial score (nSPS) is 27.2. The van der Waals surface area contributed by atoms with Gasteiger partial charge in [0.05, 0.1) is 46.6 Å². The van der Waals surface area contributed by atoms with Crippen LogP contribution in [-0.4, -0.2) is 39.4 Å². The van der Waals surface area contributed by atoms with E-state index in [-0.39, 0.29) is 11.8 Å². The van der Waals surface area contributed by atoms with Crippen molar-refractivity contribution in [3.8, 4) is 17.6 Å². The summed E-state index contributed by atoms with van der Waals surface area (Å²) in [6.45, 7) is 2.23. The largest absolute Gasteiger partial charge is 0.476 e. The Hall–Kier alpha value is -4.48. The number of ether oxygens (including phenoxy) is 2. The van der Waals surface area contributed by atoms with Crippen LogP contribution in [-0.2, 0) is 14.3 Å². The molecule has 2 amide bonds. The molecule has 2 bridgehead atoms. The van der Waals surface area contributed by atoms with Crippen LogP contribution in [0.1, 0.15) is 31.7 Å². The maximum Gasteiger partial charge on any atom is 0.240 e. The van der Waals surface area contributed by atoms with Crippen molar-refractivity contribution in [3.05, 3.63) is 84.6 Å². The Balaban J connectivity index is 1.15. The number of nitriles is 1. The summed E-state index contributed by atoms with van der Waals surface area (Å²) in [5.74, 6) is -1.31. The van der Waals surface area contributed by atoms with E-state index >= 15 is 0 Å². The van der Waals surface area contributed by atoms with Gasteiger partial charge in [0.2, 0.25) is 17.7 Å². The molecular formula is C31H26N4O4. The lowest BCUT2D eigenvalue weighted by molar-refractivity contribution is -0.131. The van der Waals surface area contributed by atoms with Crippen molar-refractivity contribution in [2.45, 2.75) is 37.4 Å². The molecule has 4 unspecified atom stereocenters. The number of anilines is 1. The summed E-state index contributed by atoms with van der Waals surface area (Å²) in [7, 11) is 0. The summed E-state index contributed by atoms with van der Waals surface area (Å²) in [6.07, 6.45) is 3.65. The molecule has 0 aliphatic carbocycles. The highest BCUT2D eigenvalue weighted by Crippen LogP contribution is 2.62. The smallest absolute Gasteiger partial charge is 0.240 e. The van der Waals surface area contributed by atoms with E-state index in [1.54, 1.807) is 16.8 Å². The highest BCUT2D eigenvalue weighted by molar-refractivity contribution is 6.24. The lowest BCUT2D eigenvalue weighted by Gasteiger charge is -2.31. The number of imide groups is 1. The third-order valence-electron chi connectivity index (χ3n) is 8.63. The Morgan fingerprint density at radius 1 is 1.00 bits per heavy atom. The molecule has 0 saturated carbocycles. The second-order valence-corrected chi connectivity index (χ2v) is 10.8. The van der Waals surface area contributed by atoms with Crippen LogP contribution in [0.5, 0.6) is 5.88 Å². The molecule has 0 radical (unpaired) electrons. The molecule has 194 valence electrons. The van der Waals surface area contributed by atoms with Gasteiger partial charge in [0.1, 0.15) is 6.07 Å². The summed E-state index contributed by atoms with van der Waals surface area (Å²) in [6, 6.07) is 24.9. The topological polar surface area (TPSA) is 97.4 Å². The summed E-state index contributed by atoms with van der Waals surface area (Å²) >= 11 is 0. The SMILES string of the molecule is CC12CCC(CCOc3ccn(-c4ccccc4)n3)(O1)C1C(=O)N(c3ccc4ccccc4c3C#N)C(=O)C12. The summed E-state index contributed by atoms with van der Waals surface area (Å²) < 4.78 is 14.3. The second kappa shape index (κ2) is 8.52. The van der Waals surface area contributed by atoms with Gasteiger partial charge < -0.3 is 9.47 Å². The van der Waals surface area contributed by atoms with Crippen molar-refractivity contribution in [2.75, 3.05) is 11.5 Å². The minimum absolute atomic E-state index is 0.289. The van der Waals surface area contributed by atoms with Gasteiger partial charge >= 0.3 is 0 Å². The van der Waals surface area contributed by atoms with E-state index < -0.39 is 23.0 Å². The first-order valence-corrected chi connectivity index (χ1v) is 13.2. The first-order chi connectivity index (χ1) is 18.9. The maximum absolute atomic E-state index is 14.0. The van der Waals surface area contributed by atoms with Crippen LogP contribution in [0.15, 0.2) is 79.0 Å². The highest BCUT2D eigenvalue weighted by Gasteiger charge is 2.74. The van der Waals surface area contributed by atoms with Gasteiger partial charge in [-0.05, 0) is 43.4 Å². The molecule has 1 aromatic heterocycles. The van der Waals surface area contributed by atoms with Gasteiger partial charge in [0.15, 0.2) is 0 Å². The zero-order valence-electron chi connectivity index (χ0n) is 21.4. The number of benzene rings is 3. The number of aromatic nitrogens is 2. The van der Waals surface area contributed by atoms with E-state index in [9.17, 15) is 14.9 Å². The van der Waals surface area contributed by atoms with E-state index in [4.69, 9.17) is 9.47 Å². The molecule has 3 aromatic carbocycles. The highest BCUT2D eigenvalue weighted by atomic mass is 16.5. The van der Waals surface area contributed by atoms with Crippen molar-refractivity contribution in [1.29, 1.82) is 5.26 Å². The Labute approximate surface area is 225 Å². The van der Waals surface area contributed by atoms with Gasteiger partial charge in [0, 0.05) is 24.1 Å². The van der Waals surface area contributed by atoms with Gasteiger partial charge in [-0.2, -0.15) is 5.26 Å². The molecule has 3 fully saturated rings. The molecule has 4 heterocycles. The van der Waals surface area contributed by atoms with Gasteiger partial charge in [0.25, 0.3) is 0 Å². The minimum atomic E-state index is -0.799. The van der Waals surface area contributed by atoms with Gasteiger partial charge in [-0.1, -0.05) is 48.5 Å². The zero-order chi connectivity index (χ0) is 26.8. The number of para-hydroxylation sites is 1. The number of nitrogens with zero attached hydrogens (tertiary/aromatic N) is 4. The zero-order valence-corrected chi connectivity index (χ0v) is 21.4. The lowest BCUT2D eigenvalue weighted by atomic mass is 9.67. The average Bonchev–Trinajstić information content (AvgIpc) is 3.69. The van der Waals surface area contributed by atoms with Crippen molar-refractivity contribution in [3.63, 3.8) is 0 Å². The lowest BCUT2D eigenvalue weighted by Crippen LogP contribution is -2.43. The molecule has 3 saturated heterocycles. The summed E-state index contributed by atoms with van der Waals surface area (Å²) in [4.78, 5) is 29.1. The number of fused-ring (bicyclic) bond motifs is 6. The monoisotopic (exact) mass is 518 g/mol. The maximum atomic E-state index is 14.0. The van der Waals surface area contributed by atoms with Gasteiger partial charge in [-0.15, -0.1) is 5.10 Å². The van der Waals surface area contributed by atoms with Crippen molar-refractivity contribution < 1.29 is 19.1 Å². The number of rotatable bonds is 6. The molecule has 3 aliphatic rings. The molecule has 8 heteroatoms. The Bertz CT molecular complexity index is 1670. The minimum Gasteiger partial charge on any atom is -0.476 e. The van der Waals surface area contributed by atoms with Crippen LogP contribution < -0.4 is 9.64 Å². The van der Waals surface area contributed by atoms with Crippen LogP contribution in [0.2, 0.25) is 0 Å². The van der Waals surface area contributed by atoms with Crippen LogP contribution in [0.3, 0.4) is 0 Å². The fourth-order valence-electron chi connectivity index (χ4n) is 6.85. The summed E-state index contributed by atoms with van der Waals surface area (Å²) in [5, 5.41) is 16.1. The van der Waals surface area contributed by atoms with Crippen LogP contribution >= 0.6 is 0 Å². The molecular weight excluding hydrogens is 492 g/mol. The fraction of sp³-hybridized carbons (Fsp3) is 0.290. The number of amides is 2. The van der Waals surface area contributed by atoms with Crippen LogP contribution in [0.4, 0.5) is 5.69 Å². The number of hydrogen-bond donors (Lipinski definition) is 0. The molecule has 7 rings (SSSR count). The van der Waals surface area contributed by atoms with E-state index in [1.807, 2.05) is 73.8 Å². The van der Waals surface area contributed by atoms with Crippen molar-refractivity contribution >= 4 is 28.3 Å². The Morgan fingerprint density at radius 2 is 1.77 bits per heavy atom. The summed E-state index contributed by atoms with van der Waals surface area (Å²) in [5.41, 5.74) is 0.0816. The molecule has 4 aromatic rings. The van der Waals surface area contributed by atoms with E-state index in [0.29, 0.717) is 43.0 Å². The number of carbonyl (C=O) groups excluding carboxylic acids is 2.